The van der Waals surface area contributed by atoms with Gasteiger partial charge in [-0.3, -0.25) is 0 Å². The zero-order chi connectivity index (χ0) is 15.1. The molecule has 0 aromatic heterocycles. The number of aryl methyl sites for hydroxylation is 3. The number of phenols is 2. The molecule has 2 aromatic carbocycles. The van der Waals surface area contributed by atoms with Gasteiger partial charge in [0.25, 0.3) is 0 Å². The Morgan fingerprint density at radius 2 is 1.40 bits per heavy atom. The fourth-order valence-corrected chi connectivity index (χ4v) is 3.90. The van der Waals surface area contributed by atoms with E-state index >= 15 is 0 Å². The first-order valence-corrected chi connectivity index (χ1v) is 7.56. The molecule has 0 bridgehead atoms. The average Bonchev–Trinajstić information content (AvgIpc) is 2.33. The molecule has 0 heterocycles. The molecular weight excluding hydrogens is 276 g/mol. The van der Waals surface area contributed by atoms with E-state index in [1.54, 1.807) is 20.8 Å². The minimum atomic E-state index is -3.68. The molecule has 2 aromatic rings. The maximum atomic E-state index is 12.7. The van der Waals surface area contributed by atoms with Crippen molar-refractivity contribution in [2.75, 3.05) is 0 Å². The van der Waals surface area contributed by atoms with E-state index in [0.717, 1.165) is 0 Å². The van der Waals surface area contributed by atoms with E-state index in [0.29, 0.717) is 16.7 Å². The number of phenolic OH excluding ortho intramolecular Hbond substituents is 2. The zero-order valence-electron chi connectivity index (χ0n) is 11.5. The van der Waals surface area contributed by atoms with Crippen LogP contribution in [0.4, 0.5) is 0 Å². The second kappa shape index (κ2) is 4.83. The van der Waals surface area contributed by atoms with Gasteiger partial charge < -0.3 is 10.2 Å². The van der Waals surface area contributed by atoms with Crippen molar-refractivity contribution in [1.82, 2.24) is 0 Å². The molecule has 0 saturated heterocycles. The Morgan fingerprint density at radius 1 is 0.800 bits per heavy atom. The molecule has 20 heavy (non-hydrogen) atoms. The summed E-state index contributed by atoms with van der Waals surface area (Å²) in [6.45, 7) is 4.93. The summed E-state index contributed by atoms with van der Waals surface area (Å²) < 4.78 is 25.4. The topological polar surface area (TPSA) is 74.6 Å². The van der Waals surface area contributed by atoms with Gasteiger partial charge >= 0.3 is 0 Å². The van der Waals surface area contributed by atoms with E-state index < -0.39 is 9.84 Å². The van der Waals surface area contributed by atoms with Gasteiger partial charge in [0, 0.05) is 0 Å². The van der Waals surface area contributed by atoms with Crippen LogP contribution >= 0.6 is 0 Å². The van der Waals surface area contributed by atoms with E-state index in [9.17, 15) is 18.6 Å². The van der Waals surface area contributed by atoms with Crippen LogP contribution in [0.2, 0.25) is 0 Å². The van der Waals surface area contributed by atoms with Gasteiger partial charge in [0.15, 0.2) is 0 Å². The number of benzene rings is 2. The first kappa shape index (κ1) is 14.4. The Kier molecular flexibility index (Phi) is 3.48. The van der Waals surface area contributed by atoms with Crippen LogP contribution < -0.4 is 0 Å². The number of aromatic hydroxyl groups is 2. The Morgan fingerprint density at radius 3 is 2.00 bits per heavy atom. The molecule has 0 atom stereocenters. The van der Waals surface area contributed by atoms with E-state index in [1.807, 2.05) is 0 Å². The summed E-state index contributed by atoms with van der Waals surface area (Å²) in [6.07, 6.45) is 0. The quantitative estimate of drug-likeness (QED) is 0.892. The third-order valence-electron chi connectivity index (χ3n) is 3.23. The van der Waals surface area contributed by atoms with Crippen LogP contribution in [0.5, 0.6) is 11.5 Å². The van der Waals surface area contributed by atoms with Crippen molar-refractivity contribution in [3.63, 3.8) is 0 Å². The first-order valence-electron chi connectivity index (χ1n) is 6.08. The predicted octanol–water partition coefficient (Wildman–Crippen LogP) is 2.86. The standard InChI is InChI=1S/C15H16O4S/c1-9-8-15(11(3)7-13(9)17)20(18,19)14-5-4-12(16)6-10(14)2/h4-8,16-17H,1-3H3. The summed E-state index contributed by atoms with van der Waals surface area (Å²) in [7, 11) is -3.68. The van der Waals surface area contributed by atoms with Crippen LogP contribution in [0.25, 0.3) is 0 Å². The monoisotopic (exact) mass is 292 g/mol. The number of sulfone groups is 1. The predicted molar refractivity (Wildman–Crippen MR) is 75.9 cm³/mol. The van der Waals surface area contributed by atoms with E-state index in [2.05, 4.69) is 0 Å². The van der Waals surface area contributed by atoms with Crippen molar-refractivity contribution in [2.24, 2.45) is 0 Å². The minimum absolute atomic E-state index is 0.0278. The summed E-state index contributed by atoms with van der Waals surface area (Å²) in [4.78, 5) is 0.324. The highest BCUT2D eigenvalue weighted by molar-refractivity contribution is 7.91. The lowest BCUT2D eigenvalue weighted by atomic mass is 10.1. The molecule has 0 fully saturated rings. The normalized spacial score (nSPS) is 11.6. The molecule has 0 spiro atoms. The number of hydrogen-bond donors (Lipinski definition) is 2. The van der Waals surface area contributed by atoms with E-state index in [1.165, 1.54) is 30.3 Å². The fourth-order valence-electron chi connectivity index (χ4n) is 2.12. The molecule has 0 aliphatic carbocycles. The van der Waals surface area contributed by atoms with Crippen LogP contribution in [0.15, 0.2) is 40.1 Å². The van der Waals surface area contributed by atoms with Gasteiger partial charge in [0.05, 0.1) is 9.79 Å². The van der Waals surface area contributed by atoms with Gasteiger partial charge in [-0.1, -0.05) is 0 Å². The molecule has 5 heteroatoms. The summed E-state index contributed by atoms with van der Waals surface area (Å²) in [5.74, 6) is 0.101. The molecule has 0 amide bonds. The van der Waals surface area contributed by atoms with Gasteiger partial charge in [-0.25, -0.2) is 8.42 Å². The molecule has 0 saturated carbocycles. The summed E-state index contributed by atoms with van der Waals surface area (Å²) >= 11 is 0. The SMILES string of the molecule is Cc1cc(S(=O)(=O)c2ccc(O)cc2C)c(C)cc1O. The van der Waals surface area contributed by atoms with Crippen LogP contribution in [-0.4, -0.2) is 18.6 Å². The van der Waals surface area contributed by atoms with Gasteiger partial charge in [-0.2, -0.15) is 0 Å². The second-order valence-corrected chi connectivity index (χ2v) is 6.74. The largest absolute Gasteiger partial charge is 0.508 e. The zero-order valence-corrected chi connectivity index (χ0v) is 12.3. The van der Waals surface area contributed by atoms with E-state index in [-0.39, 0.29) is 21.3 Å². The number of rotatable bonds is 2. The maximum Gasteiger partial charge on any atom is 0.207 e. The van der Waals surface area contributed by atoms with Crippen LogP contribution in [-0.2, 0) is 9.84 Å². The maximum absolute atomic E-state index is 12.7. The van der Waals surface area contributed by atoms with Crippen molar-refractivity contribution < 1.29 is 18.6 Å². The highest BCUT2D eigenvalue weighted by atomic mass is 32.2. The molecule has 0 aliphatic rings. The third-order valence-corrected chi connectivity index (χ3v) is 5.29. The molecule has 0 radical (unpaired) electrons. The van der Waals surface area contributed by atoms with Crippen LogP contribution in [0.3, 0.4) is 0 Å². The third kappa shape index (κ3) is 2.36. The Balaban J connectivity index is 2.70. The van der Waals surface area contributed by atoms with Gasteiger partial charge in [0.2, 0.25) is 9.84 Å². The van der Waals surface area contributed by atoms with Crippen molar-refractivity contribution >= 4 is 9.84 Å². The Bertz CT molecular complexity index is 777. The molecule has 2 N–H and O–H groups in total. The van der Waals surface area contributed by atoms with Crippen LogP contribution in [0.1, 0.15) is 16.7 Å². The Hall–Kier alpha value is -2.01. The van der Waals surface area contributed by atoms with Crippen molar-refractivity contribution in [1.29, 1.82) is 0 Å². The molecule has 106 valence electrons. The Labute approximate surface area is 118 Å². The number of hydrogen-bond acceptors (Lipinski definition) is 4. The highest BCUT2D eigenvalue weighted by Gasteiger charge is 2.23. The van der Waals surface area contributed by atoms with Gasteiger partial charge in [-0.05, 0) is 67.8 Å². The van der Waals surface area contributed by atoms with Crippen molar-refractivity contribution in [3.8, 4) is 11.5 Å². The lowest BCUT2D eigenvalue weighted by molar-refractivity contribution is 0.470. The molecule has 0 unspecified atom stereocenters. The van der Waals surface area contributed by atoms with Crippen molar-refractivity contribution in [2.45, 2.75) is 30.6 Å². The average molecular weight is 292 g/mol. The van der Waals surface area contributed by atoms with Gasteiger partial charge in [-0.15, -0.1) is 0 Å². The smallest absolute Gasteiger partial charge is 0.207 e. The van der Waals surface area contributed by atoms with Crippen LogP contribution in [0, 0.1) is 20.8 Å². The second-order valence-electron chi connectivity index (χ2n) is 4.86. The molecule has 2 rings (SSSR count). The fraction of sp³-hybridized carbons (Fsp3) is 0.200. The van der Waals surface area contributed by atoms with E-state index in [4.69, 9.17) is 0 Å². The lowest BCUT2D eigenvalue weighted by Gasteiger charge is -2.12. The molecule has 4 nitrogen and oxygen atoms in total. The molecular formula is C15H16O4S. The summed E-state index contributed by atoms with van der Waals surface area (Å²) in [5, 5.41) is 19.0. The minimum Gasteiger partial charge on any atom is -0.508 e. The summed E-state index contributed by atoms with van der Waals surface area (Å²) in [5.41, 5.74) is 1.47. The first-order chi connectivity index (χ1) is 9.23. The van der Waals surface area contributed by atoms with Crippen molar-refractivity contribution in [3.05, 3.63) is 47.0 Å². The van der Waals surface area contributed by atoms with Gasteiger partial charge in [0.1, 0.15) is 11.5 Å². The summed E-state index contributed by atoms with van der Waals surface area (Å²) in [6, 6.07) is 7.06. The highest BCUT2D eigenvalue weighted by Crippen LogP contribution is 2.31. The molecule has 0 aliphatic heterocycles. The lowest BCUT2D eigenvalue weighted by Crippen LogP contribution is -2.06.